The summed E-state index contributed by atoms with van der Waals surface area (Å²) in [6, 6.07) is 7.61. The molecule has 3 aromatic rings. The van der Waals surface area contributed by atoms with Crippen LogP contribution in [0.5, 0.6) is 5.75 Å². The molecule has 0 aliphatic carbocycles. The average molecular weight is 586 g/mol. The lowest BCUT2D eigenvalue weighted by Crippen LogP contribution is -2.49. The van der Waals surface area contributed by atoms with Crippen LogP contribution in [0.3, 0.4) is 0 Å². The lowest BCUT2D eigenvalue weighted by molar-refractivity contribution is -0.151. The van der Waals surface area contributed by atoms with Gasteiger partial charge in [0.2, 0.25) is 5.95 Å². The monoisotopic (exact) mass is 585 g/mol. The summed E-state index contributed by atoms with van der Waals surface area (Å²) in [4.78, 5) is 34.7. The predicted octanol–water partition coefficient (Wildman–Crippen LogP) is 1.54. The number of nitrogens with zero attached hydrogens (tertiary/aromatic N) is 3. The molecule has 0 saturated carbocycles. The number of ether oxygens (including phenoxy) is 2. The van der Waals surface area contributed by atoms with Gasteiger partial charge in [-0.25, -0.2) is 13.9 Å². The summed E-state index contributed by atoms with van der Waals surface area (Å²) in [6.45, 7) is -0.257. The number of aliphatic hydroxyl groups is 2. The summed E-state index contributed by atoms with van der Waals surface area (Å²) in [5, 5.41) is 22.1. The minimum Gasteiger partial charge on any atom is -0.463 e. The second-order valence-corrected chi connectivity index (χ2v) is 11.5. The number of carbonyl (C=O) groups excluding carboxylic acids is 1. The van der Waals surface area contributed by atoms with E-state index in [1.807, 2.05) is 0 Å². The number of aromatic amines is 1. The van der Waals surface area contributed by atoms with Gasteiger partial charge in [0, 0.05) is 0 Å². The van der Waals surface area contributed by atoms with Crippen molar-refractivity contribution in [3.8, 4) is 5.75 Å². The number of aromatic nitrogens is 4. The maximum absolute atomic E-state index is 14.4. The fraction of sp³-hybridized carbons (Fsp3) is 0.500. The Balaban J connectivity index is 1.68. The first-order valence-corrected chi connectivity index (χ1v) is 13.9. The minimum atomic E-state index is -4.61. The SMILES string of the molecule is [2H]C([2H])(O[P@](=O)(C[C@@H](C)C(=O)OC(C)C)Oc1ccccc1)[C@H]1O[C@@H](n2cnc3c(=O)[nH]c(N)nc32)C(O)(CF)[C@H]1O. The van der Waals surface area contributed by atoms with E-state index >= 15 is 0 Å². The minimum absolute atomic E-state index is 0.0193. The average Bonchev–Trinajstić information content (AvgIpc) is 3.42. The first kappa shape index (κ1) is 26.8. The number of fused-ring (bicyclic) bond motifs is 1. The van der Waals surface area contributed by atoms with E-state index in [2.05, 4.69) is 15.0 Å². The van der Waals surface area contributed by atoms with Crippen LogP contribution in [0.4, 0.5) is 10.3 Å². The summed E-state index contributed by atoms with van der Waals surface area (Å²) in [5.74, 6) is -2.15. The van der Waals surface area contributed by atoms with Crippen molar-refractivity contribution in [1.29, 1.82) is 0 Å². The smallest absolute Gasteiger partial charge is 0.380 e. The predicted molar refractivity (Wildman–Crippen MR) is 139 cm³/mol. The lowest BCUT2D eigenvalue weighted by atomic mass is 9.95. The van der Waals surface area contributed by atoms with Crippen molar-refractivity contribution in [1.82, 2.24) is 19.5 Å². The van der Waals surface area contributed by atoms with E-state index in [-0.39, 0.29) is 22.9 Å². The molecule has 14 nitrogen and oxygen atoms in total. The number of benzene rings is 1. The van der Waals surface area contributed by atoms with Gasteiger partial charge in [0.25, 0.3) is 5.56 Å². The molecule has 16 heteroatoms. The Kier molecular flexibility index (Phi) is 7.80. The molecule has 218 valence electrons. The van der Waals surface area contributed by atoms with Gasteiger partial charge in [0.05, 0.1) is 33.8 Å². The molecule has 0 bridgehead atoms. The number of para-hydroxylation sites is 1. The van der Waals surface area contributed by atoms with Crippen molar-refractivity contribution >= 4 is 30.7 Å². The number of nitrogens with two attached hydrogens (primary N) is 1. The number of halogens is 1. The maximum Gasteiger partial charge on any atom is 0.380 e. The van der Waals surface area contributed by atoms with Gasteiger partial charge in [0.1, 0.15) is 24.6 Å². The molecule has 1 aliphatic heterocycles. The number of nitrogens with one attached hydrogen (secondary N) is 1. The molecule has 5 N–H and O–H groups in total. The molecule has 4 rings (SSSR count). The number of nitrogen functional groups attached to an aromatic ring is 1. The summed E-state index contributed by atoms with van der Waals surface area (Å²) < 4.78 is 68.1. The second kappa shape index (κ2) is 11.6. The highest BCUT2D eigenvalue weighted by Crippen LogP contribution is 2.51. The highest BCUT2D eigenvalue weighted by atomic mass is 31.2. The third kappa shape index (κ3) is 6.03. The topological polar surface area (TPSA) is 201 Å². The summed E-state index contributed by atoms with van der Waals surface area (Å²) in [7, 11) is -4.61. The largest absolute Gasteiger partial charge is 0.463 e. The standard InChI is InChI=1S/C24H31FN5O9P/c1-13(2)37-21(33)14(3)10-40(35,39-15-7-5-4-6-8-15)36-9-16-18(31)24(34,11-25)22(38-16)30-12-27-17-19(30)28-23(26)29-20(17)32/h4-8,12-14,16,18,22,31,34H,9-11H2,1-3H3,(H3,26,28,29,32)/t14-,16-,18+,22-,24?,40-/m1/s1/i9D2. The Bertz CT molecular complexity index is 1540. The van der Waals surface area contributed by atoms with E-state index in [9.17, 15) is 28.8 Å². The van der Waals surface area contributed by atoms with Crippen molar-refractivity contribution in [2.75, 3.05) is 25.1 Å². The highest BCUT2D eigenvalue weighted by molar-refractivity contribution is 7.54. The molecule has 0 amide bonds. The van der Waals surface area contributed by atoms with Gasteiger partial charge in [0.15, 0.2) is 23.0 Å². The first-order valence-electron chi connectivity index (χ1n) is 13.2. The molecule has 0 radical (unpaired) electrons. The zero-order valence-corrected chi connectivity index (χ0v) is 22.7. The molecular weight excluding hydrogens is 552 g/mol. The summed E-state index contributed by atoms with van der Waals surface area (Å²) in [5.41, 5.74) is 1.53. The maximum atomic E-state index is 14.4. The van der Waals surface area contributed by atoms with Crippen LogP contribution < -0.4 is 15.8 Å². The van der Waals surface area contributed by atoms with Gasteiger partial charge in [-0.05, 0) is 26.0 Å². The fourth-order valence-electron chi connectivity index (χ4n) is 4.02. The number of aliphatic hydroxyl groups excluding tert-OH is 1. The molecule has 1 aromatic carbocycles. The molecule has 2 aromatic heterocycles. The number of carbonyl (C=O) groups is 1. The Morgan fingerprint density at radius 2 is 2.08 bits per heavy atom. The quantitative estimate of drug-likeness (QED) is 0.187. The second-order valence-electron chi connectivity index (χ2n) is 9.55. The summed E-state index contributed by atoms with van der Waals surface area (Å²) in [6.07, 6.45) is -6.55. The van der Waals surface area contributed by atoms with Crippen molar-refractivity contribution in [2.45, 2.75) is 50.9 Å². The first-order chi connectivity index (χ1) is 19.6. The Hall–Kier alpha value is -3.36. The molecule has 1 fully saturated rings. The van der Waals surface area contributed by atoms with Gasteiger partial charge in [-0.2, -0.15) is 4.98 Å². The Labute approximate surface area is 230 Å². The van der Waals surface area contributed by atoms with Crippen LogP contribution in [0.15, 0.2) is 41.5 Å². The number of imidazole rings is 1. The van der Waals surface area contributed by atoms with E-state index in [1.165, 1.54) is 19.1 Å². The van der Waals surface area contributed by atoms with Gasteiger partial charge < -0.3 is 29.9 Å². The number of H-pyrrole nitrogens is 1. The van der Waals surface area contributed by atoms with Crippen LogP contribution in [0.25, 0.3) is 11.2 Å². The number of anilines is 1. The number of hydrogen-bond acceptors (Lipinski definition) is 12. The van der Waals surface area contributed by atoms with Crippen LogP contribution in [0, 0.1) is 5.92 Å². The van der Waals surface area contributed by atoms with E-state index < -0.39 is 74.6 Å². The van der Waals surface area contributed by atoms with Gasteiger partial charge in [-0.15, -0.1) is 0 Å². The molecular formula is C24H31FN5O9P. The van der Waals surface area contributed by atoms with Gasteiger partial charge in [-0.1, -0.05) is 25.1 Å². The molecule has 3 heterocycles. The van der Waals surface area contributed by atoms with Crippen molar-refractivity contribution < 1.29 is 45.2 Å². The molecule has 1 saturated heterocycles. The number of rotatable bonds is 11. The van der Waals surface area contributed by atoms with Crippen LogP contribution in [0.2, 0.25) is 0 Å². The van der Waals surface area contributed by atoms with Crippen molar-refractivity contribution in [3.05, 3.63) is 47.0 Å². The summed E-state index contributed by atoms with van der Waals surface area (Å²) >= 11 is 0. The van der Waals surface area contributed by atoms with Crippen molar-refractivity contribution in [2.24, 2.45) is 5.92 Å². The Morgan fingerprint density at radius 1 is 1.38 bits per heavy atom. The third-order valence-corrected chi connectivity index (χ3v) is 7.83. The van der Waals surface area contributed by atoms with Crippen molar-refractivity contribution in [3.63, 3.8) is 0 Å². The lowest BCUT2D eigenvalue weighted by Gasteiger charge is -2.28. The van der Waals surface area contributed by atoms with Gasteiger partial charge >= 0.3 is 13.6 Å². The molecule has 6 atom stereocenters. The molecule has 1 aliphatic rings. The zero-order chi connectivity index (χ0) is 31.0. The van der Waals surface area contributed by atoms with Crippen LogP contribution >= 0.6 is 7.60 Å². The molecule has 0 spiro atoms. The molecule has 40 heavy (non-hydrogen) atoms. The molecule has 1 unspecified atom stereocenters. The Morgan fingerprint density at radius 3 is 2.73 bits per heavy atom. The van der Waals surface area contributed by atoms with Crippen LogP contribution in [-0.2, 0) is 23.4 Å². The highest BCUT2D eigenvalue weighted by Gasteiger charge is 2.57. The zero-order valence-electron chi connectivity index (χ0n) is 23.8. The number of esters is 1. The van der Waals surface area contributed by atoms with E-state index in [1.54, 1.807) is 32.0 Å². The normalized spacial score (nSPS) is 26.2. The number of hydrogen-bond donors (Lipinski definition) is 4. The van der Waals surface area contributed by atoms with E-state index in [0.717, 1.165) is 10.9 Å². The van der Waals surface area contributed by atoms with Crippen LogP contribution in [-0.4, -0.2) is 79.0 Å². The van der Waals surface area contributed by atoms with E-state index in [4.69, 9.17) is 27.0 Å². The third-order valence-electron chi connectivity index (χ3n) is 5.97. The number of alkyl halides is 1. The van der Waals surface area contributed by atoms with E-state index in [0.29, 0.717) is 0 Å². The van der Waals surface area contributed by atoms with Crippen LogP contribution in [0.1, 0.15) is 29.7 Å². The van der Waals surface area contributed by atoms with Gasteiger partial charge in [-0.3, -0.25) is 23.7 Å². The fourth-order valence-corrected chi connectivity index (χ4v) is 5.74.